The van der Waals surface area contributed by atoms with E-state index in [1.54, 1.807) is 18.2 Å². The molecule has 0 bridgehead atoms. The average Bonchev–Trinajstić information content (AvgIpc) is 3.10. The van der Waals surface area contributed by atoms with Crippen molar-refractivity contribution < 1.29 is 18.7 Å². The summed E-state index contributed by atoms with van der Waals surface area (Å²) in [5.74, 6) is 0.479. The predicted octanol–water partition coefficient (Wildman–Crippen LogP) is 3.97. The van der Waals surface area contributed by atoms with Gasteiger partial charge in [0.15, 0.2) is 10.9 Å². The van der Waals surface area contributed by atoms with Crippen molar-refractivity contribution in [1.82, 2.24) is 5.32 Å². The van der Waals surface area contributed by atoms with Crippen LogP contribution in [0, 0.1) is 0 Å². The Morgan fingerprint density at radius 2 is 1.96 bits per heavy atom. The monoisotopic (exact) mass is 384 g/mol. The summed E-state index contributed by atoms with van der Waals surface area (Å²) in [6.45, 7) is 3.58. The SMILES string of the molecule is CCOCCOc1cccc(NC(=S)NC(=O)c2cc3ccccc3o2)c1. The second kappa shape index (κ2) is 9.16. The number of nitrogens with one attached hydrogen (secondary N) is 2. The molecule has 2 N–H and O–H groups in total. The molecule has 2 aromatic carbocycles. The summed E-state index contributed by atoms with van der Waals surface area (Å²) in [5, 5.41) is 6.61. The van der Waals surface area contributed by atoms with Crippen LogP contribution in [0.4, 0.5) is 5.69 Å². The lowest BCUT2D eigenvalue weighted by Gasteiger charge is -2.11. The van der Waals surface area contributed by atoms with Crippen molar-refractivity contribution in [3.63, 3.8) is 0 Å². The lowest BCUT2D eigenvalue weighted by molar-refractivity contribution is 0.0953. The Hall–Kier alpha value is -2.90. The molecular formula is C20H20N2O4S. The summed E-state index contributed by atoms with van der Waals surface area (Å²) in [5.41, 5.74) is 1.36. The number of ether oxygens (including phenoxy) is 2. The van der Waals surface area contributed by atoms with Crippen LogP contribution >= 0.6 is 12.2 Å². The number of carbonyl (C=O) groups is 1. The summed E-state index contributed by atoms with van der Waals surface area (Å²) in [4.78, 5) is 12.3. The van der Waals surface area contributed by atoms with E-state index in [1.807, 2.05) is 43.3 Å². The van der Waals surface area contributed by atoms with Crippen LogP contribution in [0.25, 0.3) is 11.0 Å². The number of hydrogen-bond donors (Lipinski definition) is 2. The van der Waals surface area contributed by atoms with Crippen molar-refractivity contribution in [2.45, 2.75) is 6.92 Å². The van der Waals surface area contributed by atoms with Gasteiger partial charge in [0.1, 0.15) is 17.9 Å². The highest BCUT2D eigenvalue weighted by Crippen LogP contribution is 2.19. The average molecular weight is 384 g/mol. The Morgan fingerprint density at radius 3 is 2.78 bits per heavy atom. The van der Waals surface area contributed by atoms with Crippen molar-refractivity contribution in [3.05, 3.63) is 60.4 Å². The van der Waals surface area contributed by atoms with E-state index < -0.39 is 5.91 Å². The van der Waals surface area contributed by atoms with Gasteiger partial charge in [0, 0.05) is 23.7 Å². The molecule has 0 aliphatic heterocycles. The van der Waals surface area contributed by atoms with Crippen LogP contribution in [0.1, 0.15) is 17.5 Å². The molecule has 0 aliphatic rings. The van der Waals surface area contributed by atoms with Crippen molar-refractivity contribution >= 4 is 39.9 Å². The summed E-state index contributed by atoms with van der Waals surface area (Å²) >= 11 is 5.21. The van der Waals surface area contributed by atoms with Gasteiger partial charge in [-0.15, -0.1) is 0 Å². The highest BCUT2D eigenvalue weighted by molar-refractivity contribution is 7.80. The Morgan fingerprint density at radius 1 is 1.11 bits per heavy atom. The molecule has 3 rings (SSSR count). The van der Waals surface area contributed by atoms with Crippen LogP contribution in [0.3, 0.4) is 0 Å². The molecule has 0 saturated heterocycles. The zero-order valence-corrected chi connectivity index (χ0v) is 15.7. The lowest BCUT2D eigenvalue weighted by atomic mass is 10.2. The third-order valence-corrected chi connectivity index (χ3v) is 3.87. The second-order valence-corrected chi connectivity index (χ2v) is 6.04. The Kier molecular flexibility index (Phi) is 6.40. The largest absolute Gasteiger partial charge is 0.491 e. The van der Waals surface area contributed by atoms with Gasteiger partial charge in [-0.25, -0.2) is 0 Å². The van der Waals surface area contributed by atoms with E-state index in [1.165, 1.54) is 0 Å². The molecule has 27 heavy (non-hydrogen) atoms. The van der Waals surface area contributed by atoms with Crippen molar-refractivity contribution in [3.8, 4) is 5.75 Å². The normalized spacial score (nSPS) is 10.6. The molecule has 1 heterocycles. The molecule has 0 radical (unpaired) electrons. The molecule has 3 aromatic rings. The molecule has 0 fully saturated rings. The van der Waals surface area contributed by atoms with Gasteiger partial charge < -0.3 is 19.2 Å². The quantitative estimate of drug-likeness (QED) is 0.474. The van der Waals surface area contributed by atoms with Crippen molar-refractivity contribution in [2.24, 2.45) is 0 Å². The number of thiocarbonyl (C=S) groups is 1. The van der Waals surface area contributed by atoms with Crippen LogP contribution < -0.4 is 15.4 Å². The van der Waals surface area contributed by atoms with E-state index in [9.17, 15) is 4.79 Å². The predicted molar refractivity (Wildman–Crippen MR) is 108 cm³/mol. The second-order valence-electron chi connectivity index (χ2n) is 5.63. The van der Waals surface area contributed by atoms with Crippen LogP contribution in [0.15, 0.2) is 59.0 Å². The van der Waals surface area contributed by atoms with Crippen LogP contribution in [-0.2, 0) is 4.74 Å². The van der Waals surface area contributed by atoms with E-state index in [2.05, 4.69) is 10.6 Å². The molecule has 0 atom stereocenters. The zero-order chi connectivity index (χ0) is 19.1. The summed E-state index contributed by atoms with van der Waals surface area (Å²) in [6.07, 6.45) is 0. The highest BCUT2D eigenvalue weighted by atomic mass is 32.1. The number of anilines is 1. The van der Waals surface area contributed by atoms with E-state index in [0.29, 0.717) is 36.8 Å². The van der Waals surface area contributed by atoms with Crippen LogP contribution in [-0.4, -0.2) is 30.8 Å². The number of furan rings is 1. The molecule has 0 spiro atoms. The first-order valence-corrected chi connectivity index (χ1v) is 8.98. The number of amides is 1. The minimum Gasteiger partial charge on any atom is -0.491 e. The molecular weight excluding hydrogens is 364 g/mol. The van der Waals surface area contributed by atoms with Gasteiger partial charge in [-0.3, -0.25) is 10.1 Å². The lowest BCUT2D eigenvalue weighted by Crippen LogP contribution is -2.33. The fraction of sp³-hybridized carbons (Fsp3) is 0.200. The van der Waals surface area contributed by atoms with Gasteiger partial charge in [-0.1, -0.05) is 24.3 Å². The number of hydrogen-bond acceptors (Lipinski definition) is 5. The molecule has 140 valence electrons. The third-order valence-electron chi connectivity index (χ3n) is 3.67. The van der Waals surface area contributed by atoms with Crippen molar-refractivity contribution in [2.75, 3.05) is 25.1 Å². The van der Waals surface area contributed by atoms with Crippen LogP contribution in [0.5, 0.6) is 5.75 Å². The summed E-state index contributed by atoms with van der Waals surface area (Å²) in [7, 11) is 0. The number of benzene rings is 2. The molecule has 6 nitrogen and oxygen atoms in total. The van der Waals surface area contributed by atoms with Crippen LogP contribution in [0.2, 0.25) is 0 Å². The van der Waals surface area contributed by atoms with Crippen molar-refractivity contribution in [1.29, 1.82) is 0 Å². The molecule has 0 aliphatic carbocycles. The maximum Gasteiger partial charge on any atom is 0.293 e. The van der Waals surface area contributed by atoms with Gasteiger partial charge in [-0.2, -0.15) is 0 Å². The van der Waals surface area contributed by atoms with Gasteiger partial charge in [0.25, 0.3) is 5.91 Å². The minimum absolute atomic E-state index is 0.173. The summed E-state index contributed by atoms with van der Waals surface area (Å²) in [6, 6.07) is 16.4. The van der Waals surface area contributed by atoms with E-state index >= 15 is 0 Å². The van der Waals surface area contributed by atoms with Gasteiger partial charge in [-0.05, 0) is 43.4 Å². The van der Waals surface area contributed by atoms with E-state index in [4.69, 9.17) is 26.1 Å². The Labute approximate surface area is 162 Å². The smallest absolute Gasteiger partial charge is 0.293 e. The number of fused-ring (bicyclic) bond motifs is 1. The molecule has 0 saturated carbocycles. The minimum atomic E-state index is -0.409. The maximum atomic E-state index is 12.3. The first kappa shape index (κ1) is 18.9. The fourth-order valence-corrected chi connectivity index (χ4v) is 2.66. The summed E-state index contributed by atoms with van der Waals surface area (Å²) < 4.78 is 16.4. The Balaban J connectivity index is 1.56. The number of carbonyl (C=O) groups excluding carboxylic acids is 1. The van der Waals surface area contributed by atoms with E-state index in [-0.39, 0.29) is 10.9 Å². The number of para-hydroxylation sites is 1. The van der Waals surface area contributed by atoms with Gasteiger partial charge in [0.05, 0.1) is 6.61 Å². The van der Waals surface area contributed by atoms with E-state index in [0.717, 1.165) is 5.39 Å². The standard InChI is InChI=1S/C20H20N2O4S/c1-2-24-10-11-25-16-8-5-7-15(13-16)21-20(27)22-19(23)18-12-14-6-3-4-9-17(14)26-18/h3-9,12-13H,2,10-11H2,1H3,(H2,21,22,23,27). The molecule has 1 aromatic heterocycles. The zero-order valence-electron chi connectivity index (χ0n) is 14.9. The van der Waals surface area contributed by atoms with Gasteiger partial charge >= 0.3 is 0 Å². The first-order chi connectivity index (χ1) is 13.2. The third kappa shape index (κ3) is 5.29. The molecule has 0 unspecified atom stereocenters. The van der Waals surface area contributed by atoms with Gasteiger partial charge in [0.2, 0.25) is 0 Å². The fourth-order valence-electron chi connectivity index (χ4n) is 2.45. The molecule has 7 heteroatoms. The molecule has 1 amide bonds. The first-order valence-electron chi connectivity index (χ1n) is 8.57. The highest BCUT2D eigenvalue weighted by Gasteiger charge is 2.13. The topological polar surface area (TPSA) is 72.7 Å². The number of rotatable bonds is 7. The maximum absolute atomic E-state index is 12.3. The Bertz CT molecular complexity index is 905.